The maximum absolute atomic E-state index is 11.4. The first-order valence-corrected chi connectivity index (χ1v) is 6.48. The number of esters is 1. The van der Waals surface area contributed by atoms with Crippen LogP contribution in [0.15, 0.2) is 42.5 Å². The normalized spacial score (nSPS) is 15.4. The number of carbonyl (C=O) groups is 1. The number of nitro groups is 1. The Labute approximate surface area is 125 Å². The maximum Gasteiger partial charge on any atom is 0.337 e. The molecule has 0 aliphatic carbocycles. The van der Waals surface area contributed by atoms with Crippen molar-refractivity contribution >= 4 is 17.3 Å². The molecule has 0 spiro atoms. The number of carbonyl (C=O) groups excluding carboxylic acids is 1. The van der Waals surface area contributed by atoms with Crippen molar-refractivity contribution < 1.29 is 19.2 Å². The molecule has 1 N–H and O–H groups in total. The van der Waals surface area contributed by atoms with E-state index in [0.29, 0.717) is 17.0 Å². The SMILES string of the molecule is COC(=O)c1ccc([C@H]2Nc3cc([N+](=O)[O-])ccc3O2)cc1. The van der Waals surface area contributed by atoms with Crippen molar-refractivity contribution in [1.29, 1.82) is 0 Å². The molecule has 1 atom stereocenters. The summed E-state index contributed by atoms with van der Waals surface area (Å²) in [6.45, 7) is 0. The number of rotatable bonds is 3. The predicted molar refractivity (Wildman–Crippen MR) is 77.9 cm³/mol. The van der Waals surface area contributed by atoms with E-state index >= 15 is 0 Å². The zero-order valence-corrected chi connectivity index (χ0v) is 11.6. The molecule has 2 aromatic carbocycles. The minimum Gasteiger partial charge on any atom is -0.465 e. The Hall–Kier alpha value is -3.09. The molecule has 0 amide bonds. The van der Waals surface area contributed by atoms with Gasteiger partial charge < -0.3 is 14.8 Å². The van der Waals surface area contributed by atoms with E-state index < -0.39 is 17.1 Å². The van der Waals surface area contributed by atoms with Gasteiger partial charge in [0, 0.05) is 17.7 Å². The van der Waals surface area contributed by atoms with E-state index in [0.717, 1.165) is 5.56 Å². The van der Waals surface area contributed by atoms with Crippen LogP contribution in [0.4, 0.5) is 11.4 Å². The summed E-state index contributed by atoms with van der Waals surface area (Å²) >= 11 is 0. The molecule has 22 heavy (non-hydrogen) atoms. The van der Waals surface area contributed by atoms with Gasteiger partial charge in [-0.3, -0.25) is 10.1 Å². The third kappa shape index (κ3) is 2.44. The molecule has 0 aromatic heterocycles. The summed E-state index contributed by atoms with van der Waals surface area (Å²) in [5.74, 6) is 0.137. The van der Waals surface area contributed by atoms with Gasteiger partial charge >= 0.3 is 5.97 Å². The van der Waals surface area contributed by atoms with Gasteiger partial charge in [-0.15, -0.1) is 0 Å². The summed E-state index contributed by atoms with van der Waals surface area (Å²) < 4.78 is 10.3. The first-order chi connectivity index (χ1) is 10.6. The van der Waals surface area contributed by atoms with Gasteiger partial charge in [0.15, 0.2) is 6.23 Å². The summed E-state index contributed by atoms with van der Waals surface area (Å²) in [6, 6.07) is 11.1. The largest absolute Gasteiger partial charge is 0.465 e. The third-order valence-electron chi connectivity index (χ3n) is 3.34. The van der Waals surface area contributed by atoms with Crippen LogP contribution in [0.1, 0.15) is 22.1 Å². The molecule has 7 heteroatoms. The molecule has 0 saturated heterocycles. The van der Waals surface area contributed by atoms with Crippen LogP contribution in [0.5, 0.6) is 5.75 Å². The monoisotopic (exact) mass is 300 g/mol. The number of benzene rings is 2. The van der Waals surface area contributed by atoms with Gasteiger partial charge in [-0.25, -0.2) is 4.79 Å². The first kappa shape index (κ1) is 13.9. The van der Waals surface area contributed by atoms with Crippen molar-refractivity contribution in [2.45, 2.75) is 6.23 Å². The van der Waals surface area contributed by atoms with Crippen molar-refractivity contribution in [3.63, 3.8) is 0 Å². The molecule has 1 aliphatic heterocycles. The van der Waals surface area contributed by atoms with Gasteiger partial charge in [0.2, 0.25) is 0 Å². The number of hydrogen-bond acceptors (Lipinski definition) is 6. The van der Waals surface area contributed by atoms with E-state index in [1.807, 2.05) is 0 Å². The molecule has 7 nitrogen and oxygen atoms in total. The van der Waals surface area contributed by atoms with Crippen LogP contribution >= 0.6 is 0 Å². The van der Waals surface area contributed by atoms with Crippen molar-refractivity contribution in [1.82, 2.24) is 0 Å². The molecule has 112 valence electrons. The fourth-order valence-electron chi connectivity index (χ4n) is 2.21. The van der Waals surface area contributed by atoms with Crippen LogP contribution < -0.4 is 10.1 Å². The van der Waals surface area contributed by atoms with Gasteiger partial charge in [-0.1, -0.05) is 12.1 Å². The van der Waals surface area contributed by atoms with Crippen molar-refractivity contribution in [3.8, 4) is 5.75 Å². The lowest BCUT2D eigenvalue weighted by molar-refractivity contribution is -0.384. The van der Waals surface area contributed by atoms with E-state index in [-0.39, 0.29) is 5.69 Å². The van der Waals surface area contributed by atoms with Gasteiger partial charge in [-0.05, 0) is 18.2 Å². The van der Waals surface area contributed by atoms with E-state index in [2.05, 4.69) is 10.1 Å². The fourth-order valence-corrected chi connectivity index (χ4v) is 2.21. The fraction of sp³-hybridized carbons (Fsp3) is 0.133. The van der Waals surface area contributed by atoms with Gasteiger partial charge in [-0.2, -0.15) is 0 Å². The van der Waals surface area contributed by atoms with Crippen LogP contribution in [0, 0.1) is 10.1 Å². The lowest BCUT2D eigenvalue weighted by Crippen LogP contribution is -2.10. The van der Waals surface area contributed by atoms with Gasteiger partial charge in [0.25, 0.3) is 5.69 Å². The zero-order chi connectivity index (χ0) is 15.7. The predicted octanol–water partition coefficient (Wildman–Crippen LogP) is 2.88. The van der Waals surface area contributed by atoms with E-state index in [9.17, 15) is 14.9 Å². The average molecular weight is 300 g/mol. The summed E-state index contributed by atoms with van der Waals surface area (Å²) in [4.78, 5) is 21.7. The smallest absolute Gasteiger partial charge is 0.337 e. The minimum atomic E-state index is -0.458. The quantitative estimate of drug-likeness (QED) is 0.532. The highest BCUT2D eigenvalue weighted by molar-refractivity contribution is 5.89. The van der Waals surface area contributed by atoms with Crippen LogP contribution in [0.2, 0.25) is 0 Å². The lowest BCUT2D eigenvalue weighted by atomic mass is 10.1. The van der Waals surface area contributed by atoms with Crippen LogP contribution in [-0.4, -0.2) is 18.0 Å². The van der Waals surface area contributed by atoms with Crippen LogP contribution in [-0.2, 0) is 4.74 Å². The third-order valence-corrected chi connectivity index (χ3v) is 3.34. The molecular formula is C15H12N2O5. The van der Waals surface area contributed by atoms with Crippen LogP contribution in [0.3, 0.4) is 0 Å². The van der Waals surface area contributed by atoms with E-state index in [1.54, 1.807) is 30.3 Å². The number of nitrogens with zero attached hydrogens (tertiary/aromatic N) is 1. The number of methoxy groups -OCH3 is 1. The highest BCUT2D eigenvalue weighted by Crippen LogP contribution is 2.39. The zero-order valence-electron chi connectivity index (χ0n) is 11.6. The van der Waals surface area contributed by atoms with Gasteiger partial charge in [0.1, 0.15) is 5.75 Å². The van der Waals surface area contributed by atoms with E-state index in [4.69, 9.17) is 4.74 Å². The van der Waals surface area contributed by atoms with Crippen molar-refractivity contribution in [3.05, 3.63) is 63.7 Å². The maximum atomic E-state index is 11.4. The molecule has 0 fully saturated rings. The number of nitro benzene ring substituents is 1. The second-order valence-electron chi connectivity index (χ2n) is 4.69. The number of ether oxygens (including phenoxy) is 2. The Bertz CT molecular complexity index is 742. The molecule has 1 aliphatic rings. The van der Waals surface area contributed by atoms with Gasteiger partial charge in [0.05, 0.1) is 23.3 Å². The van der Waals surface area contributed by atoms with Crippen LogP contribution in [0.25, 0.3) is 0 Å². The highest BCUT2D eigenvalue weighted by atomic mass is 16.6. The molecule has 0 saturated carbocycles. The number of non-ortho nitro benzene ring substituents is 1. The molecule has 1 heterocycles. The van der Waals surface area contributed by atoms with E-state index in [1.165, 1.54) is 19.2 Å². The number of hydrogen-bond donors (Lipinski definition) is 1. The second kappa shape index (κ2) is 5.36. The molecule has 0 bridgehead atoms. The number of anilines is 1. The highest BCUT2D eigenvalue weighted by Gasteiger charge is 2.25. The first-order valence-electron chi connectivity index (χ1n) is 6.48. The summed E-state index contributed by atoms with van der Waals surface area (Å²) in [5.41, 5.74) is 1.80. The molecular weight excluding hydrogens is 288 g/mol. The molecule has 0 radical (unpaired) electrons. The number of nitrogens with one attached hydrogen (secondary N) is 1. The lowest BCUT2D eigenvalue weighted by Gasteiger charge is -2.11. The standard InChI is InChI=1S/C15H12N2O5/c1-21-15(18)10-4-2-9(3-5-10)14-16-12-8-11(17(19)20)6-7-13(12)22-14/h2-8,14,16H,1H3/t14-/m0/s1. The Morgan fingerprint density at radius 2 is 2.00 bits per heavy atom. The van der Waals surface area contributed by atoms with Crippen molar-refractivity contribution in [2.75, 3.05) is 12.4 Å². The molecule has 3 rings (SSSR count). The molecule has 0 unspecified atom stereocenters. The molecule has 2 aromatic rings. The summed E-state index contributed by atoms with van der Waals surface area (Å²) in [7, 11) is 1.32. The number of fused-ring (bicyclic) bond motifs is 1. The second-order valence-corrected chi connectivity index (χ2v) is 4.69. The van der Waals surface area contributed by atoms with Crippen molar-refractivity contribution in [2.24, 2.45) is 0 Å². The Kier molecular flexibility index (Phi) is 3.38. The Morgan fingerprint density at radius 3 is 2.64 bits per heavy atom. The Morgan fingerprint density at radius 1 is 1.27 bits per heavy atom. The summed E-state index contributed by atoms with van der Waals surface area (Å²) in [6.07, 6.45) is -0.455. The average Bonchev–Trinajstić information content (AvgIpc) is 2.97. The topological polar surface area (TPSA) is 90.7 Å². The minimum absolute atomic E-state index is 0.00320. The Balaban J connectivity index is 1.80. The summed E-state index contributed by atoms with van der Waals surface area (Å²) in [5, 5.41) is 13.8.